The van der Waals surface area contributed by atoms with Crippen LogP contribution in [0.5, 0.6) is 0 Å². The van der Waals surface area contributed by atoms with Crippen LogP contribution in [-0.4, -0.2) is 25.0 Å². The summed E-state index contributed by atoms with van der Waals surface area (Å²) < 4.78 is 0. The molecule has 22 heavy (non-hydrogen) atoms. The standard InChI is InChI=1S/C17H26N4O/c1-3-12-6-5-7-13(4-2)15(12)21-17(18)20-11-10-19-16(22)14-8-9-14/h5-7,14H,3-4,8-11H2,1-2H3,(H,19,22)(H3,18,20,21). The lowest BCUT2D eigenvalue weighted by Crippen LogP contribution is -2.29. The Labute approximate surface area is 132 Å². The number of nitrogens with two attached hydrogens (primary N) is 1. The number of amides is 1. The SMILES string of the molecule is CCc1cccc(CC)c1NC(N)=NCCNC(=O)C1CC1. The van der Waals surface area contributed by atoms with Crippen LogP contribution in [0.2, 0.25) is 0 Å². The fourth-order valence-electron chi connectivity index (χ4n) is 2.42. The van der Waals surface area contributed by atoms with E-state index >= 15 is 0 Å². The van der Waals surface area contributed by atoms with Crippen molar-refractivity contribution in [2.24, 2.45) is 16.6 Å². The summed E-state index contributed by atoms with van der Waals surface area (Å²) in [6.45, 7) is 5.28. The average Bonchev–Trinajstić information content (AvgIpc) is 3.36. The Morgan fingerprint density at radius 3 is 2.45 bits per heavy atom. The van der Waals surface area contributed by atoms with E-state index in [4.69, 9.17) is 5.73 Å². The van der Waals surface area contributed by atoms with Crippen molar-refractivity contribution >= 4 is 17.6 Å². The molecule has 0 aliphatic heterocycles. The molecule has 0 saturated heterocycles. The highest BCUT2D eigenvalue weighted by molar-refractivity contribution is 5.93. The predicted molar refractivity (Wildman–Crippen MR) is 91.0 cm³/mol. The highest BCUT2D eigenvalue weighted by atomic mass is 16.2. The number of carbonyl (C=O) groups is 1. The topological polar surface area (TPSA) is 79.5 Å². The largest absolute Gasteiger partial charge is 0.370 e. The van der Waals surface area contributed by atoms with Gasteiger partial charge < -0.3 is 16.4 Å². The second-order valence-electron chi connectivity index (χ2n) is 5.62. The molecule has 0 spiro atoms. The number of para-hydroxylation sites is 1. The quantitative estimate of drug-likeness (QED) is 0.410. The van der Waals surface area contributed by atoms with E-state index in [0.717, 1.165) is 31.4 Å². The Hall–Kier alpha value is -2.04. The molecule has 0 aromatic heterocycles. The molecule has 2 rings (SSSR count). The van der Waals surface area contributed by atoms with Crippen molar-refractivity contribution in [1.82, 2.24) is 5.32 Å². The van der Waals surface area contributed by atoms with Gasteiger partial charge in [0.05, 0.1) is 6.54 Å². The number of hydrogen-bond acceptors (Lipinski definition) is 2. The minimum Gasteiger partial charge on any atom is -0.370 e. The molecule has 1 aliphatic rings. The van der Waals surface area contributed by atoms with Gasteiger partial charge in [-0.3, -0.25) is 9.79 Å². The summed E-state index contributed by atoms with van der Waals surface area (Å²) in [7, 11) is 0. The predicted octanol–water partition coefficient (Wildman–Crippen LogP) is 2.06. The van der Waals surface area contributed by atoms with Crippen LogP contribution in [0, 0.1) is 5.92 Å². The summed E-state index contributed by atoms with van der Waals surface area (Å²) in [4.78, 5) is 15.8. The van der Waals surface area contributed by atoms with Crippen LogP contribution in [-0.2, 0) is 17.6 Å². The van der Waals surface area contributed by atoms with Gasteiger partial charge in [-0.05, 0) is 36.8 Å². The maximum atomic E-state index is 11.5. The number of rotatable bonds is 7. The Morgan fingerprint density at radius 2 is 1.91 bits per heavy atom. The van der Waals surface area contributed by atoms with Crippen molar-refractivity contribution in [3.63, 3.8) is 0 Å². The van der Waals surface area contributed by atoms with E-state index in [1.54, 1.807) is 0 Å². The lowest BCUT2D eigenvalue weighted by molar-refractivity contribution is -0.122. The number of guanidine groups is 1. The molecule has 0 unspecified atom stereocenters. The van der Waals surface area contributed by atoms with Crippen LogP contribution < -0.4 is 16.4 Å². The summed E-state index contributed by atoms with van der Waals surface area (Å²) in [6, 6.07) is 6.28. The fourth-order valence-corrected chi connectivity index (χ4v) is 2.42. The van der Waals surface area contributed by atoms with Gasteiger partial charge in [0.2, 0.25) is 5.91 Å². The van der Waals surface area contributed by atoms with E-state index in [-0.39, 0.29) is 11.8 Å². The molecule has 1 aliphatic carbocycles. The van der Waals surface area contributed by atoms with Crippen molar-refractivity contribution in [2.75, 3.05) is 18.4 Å². The molecule has 4 N–H and O–H groups in total. The molecule has 0 heterocycles. The second-order valence-corrected chi connectivity index (χ2v) is 5.62. The molecule has 0 radical (unpaired) electrons. The highest BCUT2D eigenvalue weighted by Crippen LogP contribution is 2.28. The van der Waals surface area contributed by atoms with Gasteiger partial charge in [-0.15, -0.1) is 0 Å². The molecule has 5 heteroatoms. The number of nitrogens with zero attached hydrogens (tertiary/aromatic N) is 1. The first kappa shape index (κ1) is 16.3. The number of aliphatic imine (C=N–C) groups is 1. The van der Waals surface area contributed by atoms with Crippen LogP contribution in [0.1, 0.15) is 37.8 Å². The zero-order chi connectivity index (χ0) is 15.9. The first-order chi connectivity index (χ1) is 10.7. The molecule has 0 bridgehead atoms. The summed E-state index contributed by atoms with van der Waals surface area (Å²) >= 11 is 0. The van der Waals surface area contributed by atoms with Crippen molar-refractivity contribution in [2.45, 2.75) is 39.5 Å². The highest BCUT2D eigenvalue weighted by Gasteiger charge is 2.28. The van der Waals surface area contributed by atoms with Gasteiger partial charge in [-0.25, -0.2) is 0 Å². The first-order valence-corrected chi connectivity index (χ1v) is 8.11. The molecule has 0 atom stereocenters. The number of nitrogens with one attached hydrogen (secondary N) is 2. The van der Waals surface area contributed by atoms with E-state index in [1.807, 2.05) is 0 Å². The summed E-state index contributed by atoms with van der Waals surface area (Å²) in [6.07, 6.45) is 3.93. The van der Waals surface area contributed by atoms with E-state index in [9.17, 15) is 4.79 Å². The number of aryl methyl sites for hydroxylation is 2. The molecule has 1 aromatic carbocycles. The van der Waals surface area contributed by atoms with Gasteiger partial charge in [-0.2, -0.15) is 0 Å². The lowest BCUT2D eigenvalue weighted by Gasteiger charge is -2.14. The van der Waals surface area contributed by atoms with Gasteiger partial charge in [0.1, 0.15) is 0 Å². The van der Waals surface area contributed by atoms with Crippen molar-refractivity contribution in [3.8, 4) is 0 Å². The van der Waals surface area contributed by atoms with Gasteiger partial charge in [0.15, 0.2) is 5.96 Å². The van der Waals surface area contributed by atoms with Crippen LogP contribution in [0.25, 0.3) is 0 Å². The maximum Gasteiger partial charge on any atom is 0.223 e. The molecule has 1 aromatic rings. The van der Waals surface area contributed by atoms with Crippen molar-refractivity contribution in [1.29, 1.82) is 0 Å². The Kier molecular flexibility index (Phi) is 5.81. The third kappa shape index (κ3) is 4.48. The van der Waals surface area contributed by atoms with Crippen molar-refractivity contribution in [3.05, 3.63) is 29.3 Å². The summed E-state index contributed by atoms with van der Waals surface area (Å²) in [5.74, 6) is 0.783. The van der Waals surface area contributed by atoms with Crippen LogP contribution in [0.3, 0.4) is 0 Å². The maximum absolute atomic E-state index is 11.5. The third-order valence-electron chi connectivity index (χ3n) is 3.89. The Balaban J connectivity index is 1.88. The third-order valence-corrected chi connectivity index (χ3v) is 3.89. The summed E-state index contributed by atoms with van der Waals surface area (Å²) in [5.41, 5.74) is 9.51. The van der Waals surface area contributed by atoms with Gasteiger partial charge in [0, 0.05) is 18.2 Å². The molecule has 1 amide bonds. The smallest absolute Gasteiger partial charge is 0.223 e. The summed E-state index contributed by atoms with van der Waals surface area (Å²) in [5, 5.41) is 6.10. The normalized spacial score (nSPS) is 14.7. The minimum atomic E-state index is 0.145. The second kappa shape index (κ2) is 7.82. The van der Waals surface area contributed by atoms with E-state index < -0.39 is 0 Å². The molecular formula is C17H26N4O. The lowest BCUT2D eigenvalue weighted by atomic mass is 10.0. The van der Waals surface area contributed by atoms with Gasteiger partial charge in [0.25, 0.3) is 0 Å². The van der Waals surface area contributed by atoms with E-state index in [0.29, 0.717) is 19.0 Å². The molecule has 1 saturated carbocycles. The number of carbonyl (C=O) groups excluding carboxylic acids is 1. The van der Waals surface area contributed by atoms with Crippen molar-refractivity contribution < 1.29 is 4.79 Å². The Bertz CT molecular complexity index is 527. The van der Waals surface area contributed by atoms with Gasteiger partial charge >= 0.3 is 0 Å². The zero-order valence-electron chi connectivity index (χ0n) is 13.5. The molecule has 1 fully saturated rings. The monoisotopic (exact) mass is 302 g/mol. The van der Waals surface area contributed by atoms with Crippen LogP contribution >= 0.6 is 0 Å². The van der Waals surface area contributed by atoms with Gasteiger partial charge in [-0.1, -0.05) is 32.0 Å². The van der Waals surface area contributed by atoms with E-state index in [2.05, 4.69) is 47.7 Å². The molecular weight excluding hydrogens is 276 g/mol. The first-order valence-electron chi connectivity index (χ1n) is 8.11. The zero-order valence-corrected chi connectivity index (χ0v) is 13.5. The van der Waals surface area contributed by atoms with Crippen LogP contribution in [0.4, 0.5) is 5.69 Å². The number of hydrogen-bond donors (Lipinski definition) is 3. The minimum absolute atomic E-state index is 0.145. The Morgan fingerprint density at radius 1 is 1.27 bits per heavy atom. The molecule has 5 nitrogen and oxygen atoms in total. The van der Waals surface area contributed by atoms with Crippen LogP contribution in [0.15, 0.2) is 23.2 Å². The molecule has 120 valence electrons. The van der Waals surface area contributed by atoms with E-state index in [1.165, 1.54) is 11.1 Å². The fraction of sp³-hybridized carbons (Fsp3) is 0.529. The number of benzene rings is 1. The average molecular weight is 302 g/mol. The number of anilines is 1.